The van der Waals surface area contributed by atoms with Crippen molar-refractivity contribution in [3.8, 4) is 6.07 Å². The molecule has 0 aliphatic carbocycles. The minimum absolute atomic E-state index is 0.0977. The van der Waals surface area contributed by atoms with Gasteiger partial charge in [-0.3, -0.25) is 9.59 Å². The van der Waals surface area contributed by atoms with E-state index in [-0.39, 0.29) is 17.7 Å². The van der Waals surface area contributed by atoms with E-state index in [1.807, 2.05) is 6.07 Å². The van der Waals surface area contributed by atoms with Gasteiger partial charge >= 0.3 is 0 Å². The van der Waals surface area contributed by atoms with E-state index in [2.05, 4.69) is 5.32 Å². The third-order valence-corrected chi connectivity index (χ3v) is 2.85. The zero-order chi connectivity index (χ0) is 14.4. The van der Waals surface area contributed by atoms with E-state index in [0.29, 0.717) is 17.7 Å². The molecule has 0 aliphatic rings. The molecule has 0 saturated carbocycles. The fraction of sp³-hybridized carbons (Fsp3) is 0.357. The second kappa shape index (κ2) is 6.55. The Hall–Kier alpha value is -2.35. The molecule has 5 heteroatoms. The Balaban J connectivity index is 2.71. The lowest BCUT2D eigenvalue weighted by Crippen LogP contribution is -2.37. The largest absolute Gasteiger partial charge is 0.359 e. The lowest BCUT2D eigenvalue weighted by Gasteiger charge is -2.20. The average Bonchev–Trinajstić information content (AvgIpc) is 2.45. The predicted molar refractivity (Wildman–Crippen MR) is 71.3 cm³/mol. The lowest BCUT2D eigenvalue weighted by molar-refractivity contribution is -0.124. The number of nitrogens with one attached hydrogen (secondary N) is 1. The van der Waals surface area contributed by atoms with Crippen LogP contribution in [0.3, 0.4) is 0 Å². The summed E-state index contributed by atoms with van der Waals surface area (Å²) in [7, 11) is 3.22. The van der Waals surface area contributed by atoms with Crippen LogP contribution in [0, 0.1) is 17.2 Å². The van der Waals surface area contributed by atoms with Crippen LogP contribution in [-0.4, -0.2) is 37.4 Å². The Kier molecular flexibility index (Phi) is 5.07. The van der Waals surface area contributed by atoms with E-state index in [0.717, 1.165) is 0 Å². The number of hydrogen-bond acceptors (Lipinski definition) is 3. The van der Waals surface area contributed by atoms with Gasteiger partial charge in [0.15, 0.2) is 0 Å². The van der Waals surface area contributed by atoms with Gasteiger partial charge in [-0.05, 0) is 24.3 Å². The third-order valence-electron chi connectivity index (χ3n) is 2.85. The van der Waals surface area contributed by atoms with E-state index in [1.165, 1.54) is 4.90 Å². The molecule has 0 fully saturated rings. The highest BCUT2D eigenvalue weighted by Gasteiger charge is 2.18. The second-order valence-electron chi connectivity index (χ2n) is 4.39. The number of rotatable bonds is 4. The van der Waals surface area contributed by atoms with Crippen LogP contribution in [0.1, 0.15) is 22.8 Å². The maximum Gasteiger partial charge on any atom is 0.253 e. The summed E-state index contributed by atoms with van der Waals surface area (Å²) in [4.78, 5) is 25.0. The standard InChI is InChI=1S/C14H17N3O2/c1-10(13(18)16-2)9-17(3)14(19)12-6-4-11(8-15)5-7-12/h4-7,10H,9H2,1-3H3,(H,16,18). The summed E-state index contributed by atoms with van der Waals surface area (Å²) < 4.78 is 0. The molecule has 19 heavy (non-hydrogen) atoms. The smallest absolute Gasteiger partial charge is 0.253 e. The molecule has 1 N–H and O–H groups in total. The molecule has 0 aliphatic heterocycles. The molecule has 0 radical (unpaired) electrons. The molecule has 100 valence electrons. The summed E-state index contributed by atoms with van der Waals surface area (Å²) in [6.45, 7) is 2.11. The summed E-state index contributed by atoms with van der Waals surface area (Å²) >= 11 is 0. The SMILES string of the molecule is CNC(=O)C(C)CN(C)C(=O)c1ccc(C#N)cc1. The van der Waals surface area contributed by atoms with E-state index in [9.17, 15) is 9.59 Å². The van der Waals surface area contributed by atoms with Gasteiger partial charge in [-0.1, -0.05) is 6.92 Å². The molecule has 0 bridgehead atoms. The van der Waals surface area contributed by atoms with E-state index in [1.54, 1.807) is 45.3 Å². The summed E-state index contributed by atoms with van der Waals surface area (Å²) in [5.74, 6) is -0.531. The first kappa shape index (κ1) is 14.7. The van der Waals surface area contributed by atoms with Crippen LogP contribution < -0.4 is 5.32 Å². The summed E-state index contributed by atoms with van der Waals surface area (Å²) in [6, 6.07) is 8.43. The number of hydrogen-bond donors (Lipinski definition) is 1. The topological polar surface area (TPSA) is 73.2 Å². The number of carbonyl (C=O) groups is 2. The van der Waals surface area contributed by atoms with Gasteiger partial charge in [-0.15, -0.1) is 0 Å². The van der Waals surface area contributed by atoms with Gasteiger partial charge in [0.1, 0.15) is 0 Å². The van der Waals surface area contributed by atoms with Gasteiger partial charge in [-0.25, -0.2) is 0 Å². The Labute approximate surface area is 112 Å². The molecule has 0 spiro atoms. The maximum absolute atomic E-state index is 12.1. The fourth-order valence-electron chi connectivity index (χ4n) is 1.73. The molecule has 1 unspecified atom stereocenters. The van der Waals surface area contributed by atoms with Gasteiger partial charge in [-0.2, -0.15) is 5.26 Å². The molecule has 1 aromatic carbocycles. The maximum atomic E-state index is 12.1. The Morgan fingerprint density at radius 2 is 1.95 bits per heavy atom. The third kappa shape index (κ3) is 3.81. The van der Waals surface area contributed by atoms with Gasteiger partial charge in [0.25, 0.3) is 5.91 Å². The normalized spacial score (nSPS) is 11.3. The molecule has 1 rings (SSSR count). The number of benzene rings is 1. The van der Waals surface area contributed by atoms with Crippen LogP contribution in [-0.2, 0) is 4.79 Å². The summed E-state index contributed by atoms with van der Waals surface area (Å²) in [5, 5.41) is 11.2. The summed E-state index contributed by atoms with van der Waals surface area (Å²) in [5.41, 5.74) is 1.02. The van der Waals surface area contributed by atoms with Crippen molar-refractivity contribution in [3.05, 3.63) is 35.4 Å². The zero-order valence-electron chi connectivity index (χ0n) is 11.3. The molecule has 0 saturated heterocycles. The molecule has 2 amide bonds. The molecule has 1 atom stereocenters. The number of nitrogens with zero attached hydrogens (tertiary/aromatic N) is 2. The quantitative estimate of drug-likeness (QED) is 0.877. The van der Waals surface area contributed by atoms with Crippen molar-refractivity contribution < 1.29 is 9.59 Å². The lowest BCUT2D eigenvalue weighted by atomic mass is 10.1. The molecule has 5 nitrogen and oxygen atoms in total. The minimum atomic E-state index is -0.266. The van der Waals surface area contributed by atoms with E-state index >= 15 is 0 Å². The van der Waals surface area contributed by atoms with Gasteiger partial charge < -0.3 is 10.2 Å². The van der Waals surface area contributed by atoms with Crippen molar-refractivity contribution >= 4 is 11.8 Å². The van der Waals surface area contributed by atoms with Crippen LogP contribution in [0.25, 0.3) is 0 Å². The molecular formula is C14H17N3O2. The van der Waals surface area contributed by atoms with Crippen molar-refractivity contribution in [1.29, 1.82) is 5.26 Å². The number of carbonyl (C=O) groups excluding carboxylic acids is 2. The summed E-state index contributed by atoms with van der Waals surface area (Å²) in [6.07, 6.45) is 0. The van der Waals surface area contributed by atoms with Gasteiger partial charge in [0.05, 0.1) is 17.6 Å². The van der Waals surface area contributed by atoms with Gasteiger partial charge in [0, 0.05) is 26.2 Å². The van der Waals surface area contributed by atoms with Crippen LogP contribution >= 0.6 is 0 Å². The van der Waals surface area contributed by atoms with Gasteiger partial charge in [0.2, 0.25) is 5.91 Å². The highest BCUT2D eigenvalue weighted by atomic mass is 16.2. The fourth-order valence-corrected chi connectivity index (χ4v) is 1.73. The van der Waals surface area contributed by atoms with Crippen molar-refractivity contribution in [1.82, 2.24) is 10.2 Å². The second-order valence-corrected chi connectivity index (χ2v) is 4.39. The highest BCUT2D eigenvalue weighted by molar-refractivity contribution is 5.94. The van der Waals surface area contributed by atoms with Crippen molar-refractivity contribution in [2.75, 3.05) is 20.6 Å². The Morgan fingerprint density at radius 3 is 2.42 bits per heavy atom. The van der Waals surface area contributed by atoms with E-state index in [4.69, 9.17) is 5.26 Å². The molecule has 0 heterocycles. The van der Waals surface area contributed by atoms with Crippen LogP contribution in [0.15, 0.2) is 24.3 Å². The van der Waals surface area contributed by atoms with E-state index < -0.39 is 0 Å². The molecular weight excluding hydrogens is 242 g/mol. The number of amides is 2. The first-order chi connectivity index (χ1) is 8.99. The monoisotopic (exact) mass is 259 g/mol. The highest BCUT2D eigenvalue weighted by Crippen LogP contribution is 2.08. The van der Waals surface area contributed by atoms with Crippen LogP contribution in [0.5, 0.6) is 0 Å². The zero-order valence-corrected chi connectivity index (χ0v) is 11.3. The number of nitriles is 1. The van der Waals surface area contributed by atoms with Crippen LogP contribution in [0.4, 0.5) is 0 Å². The van der Waals surface area contributed by atoms with Crippen molar-refractivity contribution in [2.24, 2.45) is 5.92 Å². The Bertz CT molecular complexity index is 502. The first-order valence-corrected chi connectivity index (χ1v) is 5.96. The van der Waals surface area contributed by atoms with Crippen molar-refractivity contribution in [3.63, 3.8) is 0 Å². The van der Waals surface area contributed by atoms with Crippen LogP contribution in [0.2, 0.25) is 0 Å². The first-order valence-electron chi connectivity index (χ1n) is 5.96. The Morgan fingerprint density at radius 1 is 1.37 bits per heavy atom. The predicted octanol–water partition coefficient (Wildman–Crippen LogP) is 1.01. The molecule has 0 aromatic heterocycles. The molecule has 1 aromatic rings. The minimum Gasteiger partial charge on any atom is -0.359 e. The average molecular weight is 259 g/mol. The van der Waals surface area contributed by atoms with Crippen molar-refractivity contribution in [2.45, 2.75) is 6.92 Å².